The van der Waals surface area contributed by atoms with E-state index in [1.165, 1.54) is 0 Å². The van der Waals surface area contributed by atoms with Gasteiger partial charge in [-0.1, -0.05) is 13.3 Å². The van der Waals surface area contributed by atoms with Gasteiger partial charge in [-0.3, -0.25) is 9.59 Å². The predicted octanol–water partition coefficient (Wildman–Crippen LogP) is 0.813. The van der Waals surface area contributed by atoms with Gasteiger partial charge >= 0.3 is 0 Å². The highest BCUT2D eigenvalue weighted by Crippen LogP contribution is 2.09. The molecule has 0 aromatic carbocycles. The van der Waals surface area contributed by atoms with Gasteiger partial charge in [-0.05, 0) is 6.42 Å². The van der Waals surface area contributed by atoms with E-state index in [-0.39, 0.29) is 24.4 Å². The first-order chi connectivity index (χ1) is 8.70. The maximum absolute atomic E-state index is 12.1. The van der Waals surface area contributed by atoms with E-state index in [2.05, 4.69) is 10.3 Å². The van der Waals surface area contributed by atoms with Crippen molar-refractivity contribution in [1.82, 2.24) is 15.2 Å². The average molecular weight is 267 g/mol. The Balaban J connectivity index is 1.93. The minimum absolute atomic E-state index is 0.0340. The Labute approximate surface area is 110 Å². The van der Waals surface area contributed by atoms with Crippen LogP contribution in [0.1, 0.15) is 25.5 Å². The molecule has 1 fully saturated rings. The highest BCUT2D eigenvalue weighted by Gasteiger charge is 2.31. The molecule has 1 aliphatic heterocycles. The lowest BCUT2D eigenvalue weighted by Crippen LogP contribution is -2.58. The second-order valence-corrected chi connectivity index (χ2v) is 5.12. The fourth-order valence-corrected chi connectivity index (χ4v) is 2.65. The Hall–Kier alpha value is -1.43. The summed E-state index contributed by atoms with van der Waals surface area (Å²) in [6.07, 6.45) is 2.30. The molecule has 1 unspecified atom stereocenters. The van der Waals surface area contributed by atoms with Crippen LogP contribution in [0.3, 0.4) is 0 Å². The summed E-state index contributed by atoms with van der Waals surface area (Å²) in [6.45, 7) is 2.74. The zero-order valence-corrected chi connectivity index (χ0v) is 11.2. The van der Waals surface area contributed by atoms with Gasteiger partial charge in [0.05, 0.1) is 17.7 Å². The quantitative estimate of drug-likeness (QED) is 0.859. The third-order valence-corrected chi connectivity index (χ3v) is 3.61. The maximum Gasteiger partial charge on any atom is 0.245 e. The van der Waals surface area contributed by atoms with Crippen LogP contribution in [0.25, 0.3) is 0 Å². The molecule has 6 heteroatoms. The summed E-state index contributed by atoms with van der Waals surface area (Å²) in [7, 11) is 0. The molecule has 0 spiro atoms. The summed E-state index contributed by atoms with van der Waals surface area (Å²) in [4.78, 5) is 29.5. The molecule has 1 saturated heterocycles. The van der Waals surface area contributed by atoms with Gasteiger partial charge in [-0.25, -0.2) is 4.98 Å². The van der Waals surface area contributed by atoms with Crippen LogP contribution >= 0.6 is 11.3 Å². The molecule has 1 N–H and O–H groups in total. The molecule has 1 atom stereocenters. The fourth-order valence-electron chi connectivity index (χ4n) is 2.06. The van der Waals surface area contributed by atoms with Crippen LogP contribution in [0.5, 0.6) is 0 Å². The van der Waals surface area contributed by atoms with Crippen molar-refractivity contribution < 1.29 is 9.59 Å². The lowest BCUT2D eigenvalue weighted by atomic mass is 10.1. The minimum atomic E-state index is -0.341. The molecule has 1 aliphatic rings. The molecule has 0 radical (unpaired) electrons. The first-order valence-electron chi connectivity index (χ1n) is 6.16. The number of nitrogens with zero attached hydrogens (tertiary/aromatic N) is 2. The van der Waals surface area contributed by atoms with Crippen LogP contribution in [0.2, 0.25) is 0 Å². The number of carbonyl (C=O) groups is 2. The molecular formula is C12H17N3O2S. The van der Waals surface area contributed by atoms with Gasteiger partial charge in [-0.2, -0.15) is 0 Å². The molecule has 1 aromatic heterocycles. The van der Waals surface area contributed by atoms with Crippen LogP contribution in [-0.2, 0) is 16.0 Å². The SMILES string of the molecule is CCCC1NC(=O)CN(CCc2cscn2)C1=O. The zero-order chi connectivity index (χ0) is 13.0. The van der Waals surface area contributed by atoms with E-state index in [1.807, 2.05) is 12.3 Å². The summed E-state index contributed by atoms with van der Waals surface area (Å²) >= 11 is 1.54. The van der Waals surface area contributed by atoms with Crippen molar-refractivity contribution in [3.8, 4) is 0 Å². The maximum atomic E-state index is 12.1. The van der Waals surface area contributed by atoms with Crippen molar-refractivity contribution in [3.63, 3.8) is 0 Å². The number of hydrogen-bond donors (Lipinski definition) is 1. The van der Waals surface area contributed by atoms with E-state index in [9.17, 15) is 9.59 Å². The van der Waals surface area contributed by atoms with E-state index in [4.69, 9.17) is 0 Å². The van der Waals surface area contributed by atoms with Crippen molar-refractivity contribution in [2.45, 2.75) is 32.2 Å². The Morgan fingerprint density at radius 2 is 2.39 bits per heavy atom. The summed E-state index contributed by atoms with van der Waals surface area (Å²) in [5, 5.41) is 4.72. The summed E-state index contributed by atoms with van der Waals surface area (Å²) < 4.78 is 0. The number of thiazole rings is 1. The lowest BCUT2D eigenvalue weighted by molar-refractivity contribution is -0.144. The van der Waals surface area contributed by atoms with Crippen molar-refractivity contribution in [3.05, 3.63) is 16.6 Å². The third-order valence-electron chi connectivity index (χ3n) is 2.98. The molecule has 98 valence electrons. The van der Waals surface area contributed by atoms with Gasteiger partial charge in [0.1, 0.15) is 6.04 Å². The van der Waals surface area contributed by atoms with Crippen LogP contribution in [0.15, 0.2) is 10.9 Å². The second-order valence-electron chi connectivity index (χ2n) is 4.40. The van der Waals surface area contributed by atoms with Gasteiger partial charge in [0.2, 0.25) is 11.8 Å². The second kappa shape index (κ2) is 5.95. The van der Waals surface area contributed by atoms with Crippen molar-refractivity contribution >= 4 is 23.2 Å². The molecule has 0 bridgehead atoms. The molecule has 0 saturated carbocycles. The van der Waals surface area contributed by atoms with Crippen LogP contribution in [-0.4, -0.2) is 40.8 Å². The predicted molar refractivity (Wildman–Crippen MR) is 69.2 cm³/mol. The molecule has 2 heterocycles. The Morgan fingerprint density at radius 3 is 3.06 bits per heavy atom. The van der Waals surface area contributed by atoms with Crippen molar-refractivity contribution in [2.75, 3.05) is 13.1 Å². The van der Waals surface area contributed by atoms with E-state index in [0.29, 0.717) is 19.4 Å². The molecule has 18 heavy (non-hydrogen) atoms. The standard InChI is InChI=1S/C12H17N3O2S/c1-2-3-10-12(17)15(6-11(16)14-10)5-4-9-7-18-8-13-9/h7-8,10H,2-6H2,1H3,(H,14,16). The highest BCUT2D eigenvalue weighted by molar-refractivity contribution is 7.07. The average Bonchev–Trinajstić information content (AvgIpc) is 2.85. The summed E-state index contributed by atoms with van der Waals surface area (Å²) in [5.41, 5.74) is 2.76. The first-order valence-corrected chi connectivity index (χ1v) is 7.10. The molecule has 5 nitrogen and oxygen atoms in total. The van der Waals surface area contributed by atoms with Crippen molar-refractivity contribution in [1.29, 1.82) is 0 Å². The molecular weight excluding hydrogens is 250 g/mol. The summed E-state index contributed by atoms with van der Waals surface area (Å²) in [5.74, 6) is -0.0296. The number of amides is 2. The Bertz CT molecular complexity index is 419. The van der Waals surface area contributed by atoms with Gasteiger partial charge in [0.25, 0.3) is 0 Å². The van der Waals surface area contributed by atoms with Crippen LogP contribution < -0.4 is 5.32 Å². The van der Waals surface area contributed by atoms with E-state index < -0.39 is 0 Å². The third kappa shape index (κ3) is 3.07. The molecule has 1 aromatic rings. The van der Waals surface area contributed by atoms with E-state index >= 15 is 0 Å². The number of hydrogen-bond acceptors (Lipinski definition) is 4. The summed E-state index contributed by atoms with van der Waals surface area (Å²) in [6, 6.07) is -0.341. The molecule has 2 rings (SSSR count). The smallest absolute Gasteiger partial charge is 0.245 e. The molecule has 0 aliphatic carbocycles. The number of nitrogens with one attached hydrogen (secondary N) is 1. The van der Waals surface area contributed by atoms with E-state index in [1.54, 1.807) is 21.7 Å². The largest absolute Gasteiger partial charge is 0.343 e. The zero-order valence-electron chi connectivity index (χ0n) is 10.4. The number of carbonyl (C=O) groups excluding carboxylic acids is 2. The highest BCUT2D eigenvalue weighted by atomic mass is 32.1. The van der Waals surface area contributed by atoms with E-state index in [0.717, 1.165) is 12.1 Å². The van der Waals surface area contributed by atoms with Gasteiger partial charge < -0.3 is 10.2 Å². The van der Waals surface area contributed by atoms with Gasteiger partial charge in [0, 0.05) is 18.3 Å². The monoisotopic (exact) mass is 267 g/mol. The molecule has 2 amide bonds. The van der Waals surface area contributed by atoms with Crippen LogP contribution in [0, 0.1) is 0 Å². The van der Waals surface area contributed by atoms with Crippen LogP contribution in [0.4, 0.5) is 0 Å². The normalized spacial score (nSPS) is 20.1. The van der Waals surface area contributed by atoms with Gasteiger partial charge in [0.15, 0.2) is 0 Å². The number of aromatic nitrogens is 1. The lowest BCUT2D eigenvalue weighted by Gasteiger charge is -2.32. The van der Waals surface area contributed by atoms with Crippen molar-refractivity contribution in [2.24, 2.45) is 0 Å². The first kappa shape index (κ1) is 13.0. The Kier molecular flexibility index (Phi) is 4.30. The topological polar surface area (TPSA) is 62.3 Å². The number of rotatable bonds is 5. The Morgan fingerprint density at radius 1 is 1.56 bits per heavy atom. The fraction of sp³-hybridized carbons (Fsp3) is 0.583. The van der Waals surface area contributed by atoms with Gasteiger partial charge in [-0.15, -0.1) is 11.3 Å². The number of piperazine rings is 1. The minimum Gasteiger partial charge on any atom is -0.343 e.